The fourth-order valence-corrected chi connectivity index (χ4v) is 1.74. The predicted molar refractivity (Wildman–Crippen MR) is 68.3 cm³/mol. The Balaban J connectivity index is 2.00. The number of aryl methyl sites for hydroxylation is 1. The summed E-state index contributed by atoms with van der Waals surface area (Å²) < 4.78 is 5.12. The molecule has 1 atom stereocenters. The van der Waals surface area contributed by atoms with Crippen molar-refractivity contribution in [3.05, 3.63) is 52.9 Å². The lowest BCUT2D eigenvalue weighted by atomic mass is 10.2. The Morgan fingerprint density at radius 1 is 1.41 bits per heavy atom. The van der Waals surface area contributed by atoms with E-state index in [4.69, 9.17) is 16.0 Å². The van der Waals surface area contributed by atoms with Gasteiger partial charge in [0.15, 0.2) is 0 Å². The van der Waals surface area contributed by atoms with Gasteiger partial charge in [0, 0.05) is 17.3 Å². The van der Waals surface area contributed by atoms with Gasteiger partial charge in [-0.15, -0.1) is 0 Å². The number of aliphatic hydroxyl groups excluding tert-OH is 1. The fraction of sp³-hybridized carbons (Fsp3) is 0.231. The molecule has 1 heterocycles. The molecule has 2 N–H and O–H groups in total. The number of aliphatic hydroxyl groups is 1. The van der Waals surface area contributed by atoms with Crippen molar-refractivity contribution < 1.29 is 9.52 Å². The summed E-state index contributed by atoms with van der Waals surface area (Å²) in [4.78, 5) is 0. The molecular weight excluding hydrogens is 238 g/mol. The smallest absolute Gasteiger partial charge is 0.134 e. The largest absolute Gasteiger partial charge is 0.467 e. The van der Waals surface area contributed by atoms with Crippen LogP contribution in [-0.4, -0.2) is 11.7 Å². The van der Waals surface area contributed by atoms with Crippen LogP contribution in [0, 0.1) is 6.92 Å². The third kappa shape index (κ3) is 3.02. The molecule has 0 saturated carbocycles. The second-order valence-corrected chi connectivity index (χ2v) is 4.31. The number of nitrogens with one attached hydrogen (secondary N) is 1. The standard InChI is InChI=1S/C13H14ClNO2/c1-9-4-5-10(14)7-11(9)15-8-12(16)13-3-2-6-17-13/h2-7,12,15-16H,8H2,1H3. The lowest BCUT2D eigenvalue weighted by Gasteiger charge is -2.13. The Hall–Kier alpha value is -1.45. The van der Waals surface area contributed by atoms with Gasteiger partial charge in [0.2, 0.25) is 0 Å². The van der Waals surface area contributed by atoms with E-state index in [-0.39, 0.29) is 0 Å². The molecule has 4 heteroatoms. The number of anilines is 1. The molecule has 90 valence electrons. The summed E-state index contributed by atoms with van der Waals surface area (Å²) in [5.41, 5.74) is 2.00. The van der Waals surface area contributed by atoms with Crippen LogP contribution in [0.3, 0.4) is 0 Å². The van der Waals surface area contributed by atoms with Crippen molar-refractivity contribution in [3.63, 3.8) is 0 Å². The molecular formula is C13H14ClNO2. The Kier molecular flexibility index (Phi) is 3.71. The first-order valence-corrected chi connectivity index (χ1v) is 5.76. The van der Waals surface area contributed by atoms with E-state index in [0.29, 0.717) is 17.3 Å². The fourth-order valence-electron chi connectivity index (χ4n) is 1.57. The van der Waals surface area contributed by atoms with Gasteiger partial charge in [-0.05, 0) is 36.8 Å². The first kappa shape index (κ1) is 12.0. The summed E-state index contributed by atoms with van der Waals surface area (Å²) >= 11 is 5.91. The summed E-state index contributed by atoms with van der Waals surface area (Å²) in [6.45, 7) is 2.37. The zero-order valence-corrected chi connectivity index (χ0v) is 10.2. The molecule has 0 radical (unpaired) electrons. The zero-order valence-electron chi connectivity index (χ0n) is 9.48. The second kappa shape index (κ2) is 5.25. The van der Waals surface area contributed by atoms with Crippen molar-refractivity contribution in [2.24, 2.45) is 0 Å². The molecule has 0 amide bonds. The van der Waals surface area contributed by atoms with Gasteiger partial charge in [-0.3, -0.25) is 0 Å². The van der Waals surface area contributed by atoms with Crippen molar-refractivity contribution in [1.82, 2.24) is 0 Å². The van der Waals surface area contributed by atoms with Gasteiger partial charge in [-0.1, -0.05) is 17.7 Å². The first-order valence-electron chi connectivity index (χ1n) is 5.38. The van der Waals surface area contributed by atoms with E-state index in [1.165, 1.54) is 0 Å². The van der Waals surface area contributed by atoms with Crippen LogP contribution in [-0.2, 0) is 0 Å². The molecule has 17 heavy (non-hydrogen) atoms. The Bertz CT molecular complexity index is 482. The Morgan fingerprint density at radius 3 is 2.94 bits per heavy atom. The summed E-state index contributed by atoms with van der Waals surface area (Å²) in [7, 11) is 0. The minimum absolute atomic E-state index is 0.384. The van der Waals surface area contributed by atoms with Gasteiger partial charge in [0.05, 0.1) is 6.26 Å². The third-order valence-electron chi connectivity index (χ3n) is 2.56. The van der Waals surface area contributed by atoms with Gasteiger partial charge in [0.1, 0.15) is 11.9 Å². The maximum atomic E-state index is 9.84. The van der Waals surface area contributed by atoms with Crippen molar-refractivity contribution in [2.75, 3.05) is 11.9 Å². The number of hydrogen-bond donors (Lipinski definition) is 2. The number of halogens is 1. The van der Waals surface area contributed by atoms with Crippen LogP contribution in [0.5, 0.6) is 0 Å². The highest BCUT2D eigenvalue weighted by atomic mass is 35.5. The molecule has 0 bridgehead atoms. The van der Waals surface area contributed by atoms with Gasteiger partial charge in [-0.25, -0.2) is 0 Å². The summed E-state index contributed by atoms with van der Waals surface area (Å²) in [5.74, 6) is 0.553. The van der Waals surface area contributed by atoms with E-state index in [2.05, 4.69) is 5.32 Å². The lowest BCUT2D eigenvalue weighted by molar-refractivity contribution is 0.162. The molecule has 1 unspecified atom stereocenters. The minimum atomic E-state index is -0.664. The van der Waals surface area contributed by atoms with Crippen LogP contribution >= 0.6 is 11.6 Å². The Morgan fingerprint density at radius 2 is 2.24 bits per heavy atom. The van der Waals surface area contributed by atoms with Gasteiger partial charge in [0.25, 0.3) is 0 Å². The zero-order chi connectivity index (χ0) is 12.3. The van der Waals surface area contributed by atoms with Gasteiger partial charge >= 0.3 is 0 Å². The molecule has 0 fully saturated rings. The van der Waals surface area contributed by atoms with Crippen LogP contribution in [0.15, 0.2) is 41.0 Å². The average Bonchev–Trinajstić information content (AvgIpc) is 2.83. The summed E-state index contributed by atoms with van der Waals surface area (Å²) in [6.07, 6.45) is 0.881. The topological polar surface area (TPSA) is 45.4 Å². The number of benzene rings is 1. The molecule has 0 aliphatic carbocycles. The highest BCUT2D eigenvalue weighted by molar-refractivity contribution is 6.30. The quantitative estimate of drug-likeness (QED) is 0.876. The second-order valence-electron chi connectivity index (χ2n) is 3.87. The first-order chi connectivity index (χ1) is 8.16. The molecule has 3 nitrogen and oxygen atoms in total. The average molecular weight is 252 g/mol. The van der Waals surface area contributed by atoms with E-state index >= 15 is 0 Å². The number of furan rings is 1. The normalized spacial score (nSPS) is 12.4. The highest BCUT2D eigenvalue weighted by Gasteiger charge is 2.10. The number of hydrogen-bond acceptors (Lipinski definition) is 3. The highest BCUT2D eigenvalue weighted by Crippen LogP contribution is 2.21. The molecule has 1 aromatic carbocycles. The van der Waals surface area contributed by atoms with Crippen molar-refractivity contribution in [1.29, 1.82) is 0 Å². The van der Waals surface area contributed by atoms with E-state index in [9.17, 15) is 5.11 Å². The van der Waals surface area contributed by atoms with E-state index in [0.717, 1.165) is 11.3 Å². The summed E-state index contributed by atoms with van der Waals surface area (Å²) in [6, 6.07) is 9.11. The SMILES string of the molecule is Cc1ccc(Cl)cc1NCC(O)c1ccco1. The third-order valence-corrected chi connectivity index (χ3v) is 2.79. The molecule has 0 spiro atoms. The molecule has 0 aliphatic heterocycles. The predicted octanol–water partition coefficient (Wildman–Crippen LogP) is 3.39. The molecule has 2 aromatic rings. The maximum absolute atomic E-state index is 9.84. The van der Waals surface area contributed by atoms with Gasteiger partial charge in [-0.2, -0.15) is 0 Å². The minimum Gasteiger partial charge on any atom is -0.467 e. The van der Waals surface area contributed by atoms with Crippen LogP contribution in [0.4, 0.5) is 5.69 Å². The van der Waals surface area contributed by atoms with Gasteiger partial charge < -0.3 is 14.8 Å². The Labute approximate surface area is 105 Å². The summed E-state index contributed by atoms with van der Waals surface area (Å²) in [5, 5.41) is 13.7. The van der Waals surface area contributed by atoms with Crippen LogP contribution in [0.25, 0.3) is 0 Å². The lowest BCUT2D eigenvalue weighted by Crippen LogP contribution is -2.12. The van der Waals surface area contributed by atoms with Crippen molar-refractivity contribution in [2.45, 2.75) is 13.0 Å². The maximum Gasteiger partial charge on any atom is 0.134 e. The van der Waals surface area contributed by atoms with Crippen LogP contribution < -0.4 is 5.32 Å². The van der Waals surface area contributed by atoms with Crippen LogP contribution in [0.1, 0.15) is 17.4 Å². The molecule has 0 saturated heterocycles. The number of rotatable bonds is 4. The monoisotopic (exact) mass is 251 g/mol. The van der Waals surface area contributed by atoms with Crippen molar-refractivity contribution >= 4 is 17.3 Å². The van der Waals surface area contributed by atoms with Crippen LogP contribution in [0.2, 0.25) is 5.02 Å². The van der Waals surface area contributed by atoms with E-state index in [1.807, 2.05) is 25.1 Å². The molecule has 1 aromatic heterocycles. The molecule has 2 rings (SSSR count). The van der Waals surface area contributed by atoms with E-state index in [1.54, 1.807) is 18.4 Å². The van der Waals surface area contributed by atoms with Crippen molar-refractivity contribution in [3.8, 4) is 0 Å². The van der Waals surface area contributed by atoms with E-state index < -0.39 is 6.10 Å². The molecule has 0 aliphatic rings.